The summed E-state index contributed by atoms with van der Waals surface area (Å²) in [4.78, 5) is 5.08. The van der Waals surface area contributed by atoms with Gasteiger partial charge in [-0.25, -0.2) is 0 Å². The highest BCUT2D eigenvalue weighted by Gasteiger charge is 2.84. The van der Waals surface area contributed by atoms with Gasteiger partial charge in [0.05, 0.1) is 43.2 Å². The second kappa shape index (κ2) is 13.4. The lowest BCUT2D eigenvalue weighted by atomic mass is 9.41. The van der Waals surface area contributed by atoms with Crippen molar-refractivity contribution in [1.82, 2.24) is 9.80 Å². The maximum atomic E-state index is 12.7. The fourth-order valence-electron chi connectivity index (χ4n) is 15.4. The van der Waals surface area contributed by atoms with E-state index >= 15 is 0 Å². The highest BCUT2D eigenvalue weighted by molar-refractivity contribution is 5.33. The van der Waals surface area contributed by atoms with E-state index in [1.54, 1.807) is 7.11 Å². The summed E-state index contributed by atoms with van der Waals surface area (Å²) >= 11 is 0. The number of ether oxygens (including phenoxy) is 5. The topological polar surface area (TPSA) is 93.1 Å². The lowest BCUT2D eigenvalue weighted by Gasteiger charge is -2.64. The van der Waals surface area contributed by atoms with Crippen molar-refractivity contribution in [3.8, 4) is 0 Å². The maximum Gasteiger partial charge on any atom is 0.170 e. The summed E-state index contributed by atoms with van der Waals surface area (Å²) in [6.07, 6.45) is 8.09. The number of methoxy groups -OCH3 is 1. The van der Waals surface area contributed by atoms with Crippen molar-refractivity contribution in [2.75, 3.05) is 66.2 Å². The van der Waals surface area contributed by atoms with Crippen LogP contribution in [0.15, 0.2) is 0 Å². The van der Waals surface area contributed by atoms with E-state index in [0.717, 1.165) is 58.2 Å². The largest absolute Gasteiger partial charge is 0.390 e. The van der Waals surface area contributed by atoms with Gasteiger partial charge in [-0.05, 0) is 123 Å². The van der Waals surface area contributed by atoms with Crippen molar-refractivity contribution in [2.24, 2.45) is 56.7 Å². The molecule has 0 bridgehead atoms. The molecule has 3 aliphatic heterocycles. The van der Waals surface area contributed by atoms with Crippen LogP contribution in [0.1, 0.15) is 107 Å². The Balaban J connectivity index is 0.954. The van der Waals surface area contributed by atoms with Crippen LogP contribution in [-0.2, 0) is 23.7 Å². The lowest BCUT2D eigenvalue weighted by Crippen LogP contribution is -2.60. The third-order valence-corrected chi connectivity index (χ3v) is 17.7. The molecule has 8 rings (SSSR count). The van der Waals surface area contributed by atoms with Gasteiger partial charge >= 0.3 is 0 Å². The van der Waals surface area contributed by atoms with Gasteiger partial charge in [0, 0.05) is 58.4 Å². The molecule has 298 valence electrons. The van der Waals surface area contributed by atoms with Crippen LogP contribution in [0, 0.1) is 56.7 Å². The van der Waals surface area contributed by atoms with E-state index in [0.29, 0.717) is 41.1 Å². The zero-order valence-corrected chi connectivity index (χ0v) is 34.2. The summed E-state index contributed by atoms with van der Waals surface area (Å²) < 4.78 is 31.7. The first kappa shape index (κ1) is 38.5. The van der Waals surface area contributed by atoms with Crippen LogP contribution in [0.2, 0.25) is 0 Å². The molecule has 9 heteroatoms. The molecule has 3 saturated heterocycles. The Morgan fingerprint density at radius 2 is 1.69 bits per heavy atom. The Morgan fingerprint density at radius 1 is 0.962 bits per heavy atom. The van der Waals surface area contributed by atoms with Crippen LogP contribution in [0.25, 0.3) is 0 Å². The molecule has 0 aromatic heterocycles. The van der Waals surface area contributed by atoms with Gasteiger partial charge in [0.2, 0.25) is 0 Å². The quantitative estimate of drug-likeness (QED) is 0.282. The van der Waals surface area contributed by atoms with Crippen LogP contribution in [0.4, 0.5) is 0 Å². The number of aliphatic hydroxyl groups excluding tert-OH is 1. The van der Waals surface area contributed by atoms with E-state index in [9.17, 15) is 10.2 Å². The van der Waals surface area contributed by atoms with Crippen molar-refractivity contribution in [3.05, 3.63) is 0 Å². The molecule has 52 heavy (non-hydrogen) atoms. The zero-order chi connectivity index (χ0) is 37.1. The van der Waals surface area contributed by atoms with Gasteiger partial charge < -0.3 is 38.8 Å². The van der Waals surface area contributed by atoms with Crippen LogP contribution < -0.4 is 0 Å². The van der Waals surface area contributed by atoms with E-state index in [1.165, 1.54) is 51.6 Å². The van der Waals surface area contributed by atoms with Gasteiger partial charge in [0.25, 0.3) is 0 Å². The highest BCUT2D eigenvalue weighted by atomic mass is 16.7. The van der Waals surface area contributed by atoms with Crippen molar-refractivity contribution < 1.29 is 33.9 Å². The van der Waals surface area contributed by atoms with E-state index in [4.69, 9.17) is 23.7 Å². The Bertz CT molecular complexity index is 1300. The van der Waals surface area contributed by atoms with Gasteiger partial charge in [0.1, 0.15) is 6.10 Å². The standard InChI is InChI=1S/C43H74N2O7/c1-10-49-37(39(5,6)47)29-21-27(2)34-35(51-29)36(46)41(8)31-12-11-30-38(3,4)32(13-14-42(30)26-43(31,42)16-15-40(34,41)7)52-33-25-45(18-20-50-33)24-28-22-44(23-28)17-19-48-9/h27-37,46-47H,10-26H2,1-9H3/t27-,29?,30+,31?,32+,33+,34+,35?,36+,37+,40-,41-,42-,43+/m1/s1. The smallest absolute Gasteiger partial charge is 0.170 e. The number of morpholine rings is 1. The number of aliphatic hydroxyl groups is 2. The minimum atomic E-state index is -1.01. The molecule has 8 aliphatic rings. The average Bonchev–Trinajstić information content (AvgIpc) is 3.70. The van der Waals surface area contributed by atoms with Crippen molar-refractivity contribution in [1.29, 1.82) is 0 Å². The maximum absolute atomic E-state index is 12.7. The SMILES string of the molecule is CCO[C@@H](C1C[C@@H](C)[C@H]2C(O1)[C@H](O)[C@@]1(C)C3CC[C@H]4C(C)(C)[C@@H](O[C@H]5CN(CC6CN(CCOC)C6)CCO5)CC[C@@]45C[C@@]35CC[C@]21C)C(C)(C)O. The molecule has 9 nitrogen and oxygen atoms in total. The number of nitrogens with zero attached hydrogens (tertiary/aromatic N) is 2. The zero-order valence-electron chi connectivity index (χ0n) is 34.2. The van der Waals surface area contributed by atoms with Crippen LogP contribution in [0.5, 0.6) is 0 Å². The molecule has 0 amide bonds. The normalized spacial score (nSPS) is 49.6. The minimum Gasteiger partial charge on any atom is -0.390 e. The van der Waals surface area contributed by atoms with Gasteiger partial charge in [-0.1, -0.05) is 34.6 Å². The first-order valence-corrected chi connectivity index (χ1v) is 21.4. The summed E-state index contributed by atoms with van der Waals surface area (Å²) in [5.41, 5.74) is -0.457. The second-order valence-electron chi connectivity index (χ2n) is 20.9. The number of likely N-dealkylation sites (tertiary alicyclic amines) is 1. The third-order valence-electron chi connectivity index (χ3n) is 17.7. The van der Waals surface area contributed by atoms with E-state index < -0.39 is 17.8 Å². The lowest BCUT2D eigenvalue weighted by molar-refractivity contribution is -0.249. The Hall–Kier alpha value is -0.360. The Morgan fingerprint density at radius 3 is 2.40 bits per heavy atom. The van der Waals surface area contributed by atoms with Gasteiger partial charge in [0.15, 0.2) is 6.29 Å². The molecule has 8 fully saturated rings. The molecule has 5 saturated carbocycles. The van der Waals surface area contributed by atoms with Crippen molar-refractivity contribution in [2.45, 2.75) is 149 Å². The molecule has 2 N–H and O–H groups in total. The average molecular weight is 731 g/mol. The molecule has 2 spiro atoms. The predicted molar refractivity (Wildman–Crippen MR) is 201 cm³/mol. The molecule has 0 aromatic carbocycles. The highest BCUT2D eigenvalue weighted by Crippen LogP contribution is 2.89. The van der Waals surface area contributed by atoms with Crippen molar-refractivity contribution in [3.63, 3.8) is 0 Å². The van der Waals surface area contributed by atoms with Gasteiger partial charge in [-0.2, -0.15) is 0 Å². The number of rotatable bonds is 11. The molecular formula is C43H74N2O7. The summed E-state index contributed by atoms with van der Waals surface area (Å²) in [6.45, 7) is 26.6. The molecular weight excluding hydrogens is 656 g/mol. The third kappa shape index (κ3) is 5.61. The number of hydrogen-bond acceptors (Lipinski definition) is 9. The van der Waals surface area contributed by atoms with E-state index in [1.807, 2.05) is 20.8 Å². The van der Waals surface area contributed by atoms with Gasteiger partial charge in [-0.15, -0.1) is 0 Å². The molecule has 3 heterocycles. The van der Waals surface area contributed by atoms with E-state index in [2.05, 4.69) is 44.4 Å². The minimum absolute atomic E-state index is 0.0194. The van der Waals surface area contributed by atoms with Gasteiger partial charge in [-0.3, -0.25) is 4.90 Å². The first-order valence-electron chi connectivity index (χ1n) is 21.4. The summed E-state index contributed by atoms with van der Waals surface area (Å²) in [5, 5.41) is 23.8. The fourth-order valence-corrected chi connectivity index (χ4v) is 15.4. The summed E-state index contributed by atoms with van der Waals surface area (Å²) in [5.74, 6) is 2.58. The Kier molecular flexibility index (Phi) is 9.90. The molecule has 5 aliphatic carbocycles. The van der Waals surface area contributed by atoms with Crippen LogP contribution in [0.3, 0.4) is 0 Å². The number of hydrogen-bond donors (Lipinski definition) is 2. The molecule has 0 radical (unpaired) electrons. The fraction of sp³-hybridized carbons (Fsp3) is 1.00. The van der Waals surface area contributed by atoms with Crippen LogP contribution >= 0.6 is 0 Å². The van der Waals surface area contributed by atoms with E-state index in [-0.39, 0.29) is 40.8 Å². The Labute approximate surface area is 315 Å². The molecule has 0 aromatic rings. The predicted octanol–water partition coefficient (Wildman–Crippen LogP) is 5.60. The monoisotopic (exact) mass is 731 g/mol. The summed E-state index contributed by atoms with van der Waals surface area (Å²) in [6, 6.07) is 0. The van der Waals surface area contributed by atoms with Crippen molar-refractivity contribution >= 4 is 0 Å². The second-order valence-corrected chi connectivity index (χ2v) is 20.9. The molecule has 3 unspecified atom stereocenters. The molecule has 14 atom stereocenters. The number of fused-ring (bicyclic) bond motifs is 4. The van der Waals surface area contributed by atoms with Crippen LogP contribution in [-0.4, -0.2) is 129 Å². The summed E-state index contributed by atoms with van der Waals surface area (Å²) in [7, 11) is 1.79. The first-order chi connectivity index (χ1) is 24.6.